The minimum absolute atomic E-state index is 0.244. The van der Waals surface area contributed by atoms with Crippen LogP contribution < -0.4 is 4.90 Å². The van der Waals surface area contributed by atoms with Gasteiger partial charge in [0.25, 0.3) is 0 Å². The van der Waals surface area contributed by atoms with E-state index in [1.54, 1.807) is 11.1 Å². The third kappa shape index (κ3) is 3.42. The first-order valence-corrected chi connectivity index (χ1v) is 15.5. The highest BCUT2D eigenvalue weighted by molar-refractivity contribution is 5.86. The molecule has 10 rings (SSSR count). The van der Waals surface area contributed by atoms with Crippen LogP contribution in [0.4, 0.5) is 17.1 Å². The molecule has 5 aromatic carbocycles. The Morgan fingerprint density at radius 2 is 0.951 bits per heavy atom. The first-order chi connectivity index (χ1) is 20.3. The summed E-state index contributed by atoms with van der Waals surface area (Å²) in [7, 11) is 0. The van der Waals surface area contributed by atoms with Gasteiger partial charge in [-0.15, -0.1) is 0 Å². The summed E-state index contributed by atoms with van der Waals surface area (Å²) in [4.78, 5) is 2.33. The molecule has 0 radical (unpaired) electrons. The maximum atomic E-state index is 2.53. The van der Waals surface area contributed by atoms with Crippen LogP contribution in [0, 0.1) is 23.7 Å². The highest BCUT2D eigenvalue weighted by atomic mass is 15.1. The summed E-state index contributed by atoms with van der Waals surface area (Å²) in [6.45, 7) is 0. The maximum absolute atomic E-state index is 2.53. The molecule has 200 valence electrons. The standard InChI is InChI=1S/C40H35N/c1-3-9-33(10-4-1)41(34-11-5-2-6-12-34)35-18-15-29(16-19-35)30-17-20-39-37(26-30)36-13-7-8-14-38(36)40(39)31-22-27-21-28(24-31)25-32(40)23-27/h1-20,26-28,31-32H,21-25H2. The Morgan fingerprint density at radius 3 is 1.59 bits per heavy atom. The molecule has 0 saturated heterocycles. The van der Waals surface area contributed by atoms with Gasteiger partial charge in [-0.2, -0.15) is 0 Å². The largest absolute Gasteiger partial charge is 0.311 e. The molecule has 4 fully saturated rings. The van der Waals surface area contributed by atoms with Gasteiger partial charge in [0.05, 0.1) is 0 Å². The first-order valence-electron chi connectivity index (χ1n) is 15.5. The molecule has 0 unspecified atom stereocenters. The predicted molar refractivity (Wildman–Crippen MR) is 170 cm³/mol. The molecule has 4 bridgehead atoms. The fourth-order valence-electron chi connectivity index (χ4n) is 9.74. The normalized spacial score (nSPS) is 26.6. The van der Waals surface area contributed by atoms with E-state index < -0.39 is 0 Å². The van der Waals surface area contributed by atoms with Gasteiger partial charge >= 0.3 is 0 Å². The van der Waals surface area contributed by atoms with Crippen molar-refractivity contribution in [3.8, 4) is 22.3 Å². The molecule has 0 amide bonds. The van der Waals surface area contributed by atoms with Crippen molar-refractivity contribution in [3.63, 3.8) is 0 Å². The molecular formula is C40H35N. The van der Waals surface area contributed by atoms with Crippen molar-refractivity contribution in [3.05, 3.63) is 139 Å². The van der Waals surface area contributed by atoms with Crippen molar-refractivity contribution < 1.29 is 0 Å². The molecule has 0 aromatic heterocycles. The van der Waals surface area contributed by atoms with Gasteiger partial charge in [-0.3, -0.25) is 0 Å². The van der Waals surface area contributed by atoms with Crippen LogP contribution in [0.25, 0.3) is 22.3 Å². The molecule has 5 aromatic rings. The quantitative estimate of drug-likeness (QED) is 0.224. The topological polar surface area (TPSA) is 3.24 Å². The summed E-state index contributed by atoms with van der Waals surface area (Å²) in [5, 5.41) is 0. The van der Waals surface area contributed by atoms with Gasteiger partial charge in [-0.1, -0.05) is 84.9 Å². The van der Waals surface area contributed by atoms with Crippen molar-refractivity contribution in [2.75, 3.05) is 4.90 Å². The zero-order chi connectivity index (χ0) is 27.0. The lowest BCUT2D eigenvalue weighted by Gasteiger charge is -2.61. The highest BCUT2D eigenvalue weighted by Gasteiger charge is 2.61. The van der Waals surface area contributed by atoms with Gasteiger partial charge in [0.2, 0.25) is 0 Å². The summed E-state index contributed by atoms with van der Waals surface area (Å²) in [6, 6.07) is 47.3. The van der Waals surface area contributed by atoms with E-state index in [-0.39, 0.29) is 5.41 Å². The van der Waals surface area contributed by atoms with E-state index in [2.05, 4.69) is 132 Å². The highest BCUT2D eigenvalue weighted by Crippen LogP contribution is 2.69. The van der Waals surface area contributed by atoms with E-state index in [0.717, 1.165) is 23.7 Å². The van der Waals surface area contributed by atoms with Crippen molar-refractivity contribution in [1.82, 2.24) is 0 Å². The average molecular weight is 530 g/mol. The Labute approximate surface area is 243 Å². The summed E-state index contributed by atoms with van der Waals surface area (Å²) in [5.74, 6) is 3.58. The molecular weight excluding hydrogens is 494 g/mol. The maximum Gasteiger partial charge on any atom is 0.0462 e. The van der Waals surface area contributed by atoms with Crippen molar-refractivity contribution in [2.45, 2.75) is 37.5 Å². The van der Waals surface area contributed by atoms with E-state index in [1.807, 2.05) is 0 Å². The molecule has 0 atom stereocenters. The Bertz CT molecular complexity index is 1670. The second kappa shape index (κ2) is 8.95. The molecule has 4 saturated carbocycles. The average Bonchev–Trinajstić information content (AvgIpc) is 3.31. The van der Waals surface area contributed by atoms with E-state index in [0.29, 0.717) is 0 Å². The molecule has 0 heterocycles. The molecule has 1 spiro atoms. The van der Waals surface area contributed by atoms with Crippen molar-refractivity contribution in [1.29, 1.82) is 0 Å². The van der Waals surface area contributed by atoms with Crippen molar-refractivity contribution in [2.24, 2.45) is 23.7 Å². The first kappa shape index (κ1) is 23.6. The summed E-state index contributed by atoms with van der Waals surface area (Å²) in [6.07, 6.45) is 7.23. The van der Waals surface area contributed by atoms with Gasteiger partial charge in [0.15, 0.2) is 0 Å². The van der Waals surface area contributed by atoms with Gasteiger partial charge < -0.3 is 4.90 Å². The number of hydrogen-bond acceptors (Lipinski definition) is 1. The van der Waals surface area contributed by atoms with Gasteiger partial charge in [0, 0.05) is 22.5 Å². The lowest BCUT2D eigenvalue weighted by Crippen LogP contribution is -2.55. The molecule has 1 nitrogen and oxygen atoms in total. The zero-order valence-corrected chi connectivity index (χ0v) is 23.4. The number of anilines is 3. The molecule has 5 aliphatic rings. The van der Waals surface area contributed by atoms with Crippen LogP contribution in [0.15, 0.2) is 127 Å². The Balaban J connectivity index is 1.12. The Morgan fingerprint density at radius 1 is 0.439 bits per heavy atom. The lowest BCUT2D eigenvalue weighted by molar-refractivity contribution is -0.0399. The number of hydrogen-bond donors (Lipinski definition) is 0. The van der Waals surface area contributed by atoms with Gasteiger partial charge in [-0.05, 0) is 132 Å². The van der Waals surface area contributed by atoms with E-state index in [9.17, 15) is 0 Å². The molecule has 0 N–H and O–H groups in total. The second-order valence-corrected chi connectivity index (χ2v) is 13.0. The predicted octanol–water partition coefficient (Wildman–Crippen LogP) is 10.5. The van der Waals surface area contributed by atoms with E-state index in [4.69, 9.17) is 0 Å². The van der Waals surface area contributed by atoms with Crippen LogP contribution >= 0.6 is 0 Å². The SMILES string of the molecule is c1ccc(N(c2ccccc2)c2ccc(-c3ccc4c(c3)-c3ccccc3C43C4CC5CC(C4)CC3C5)cc2)cc1. The van der Waals surface area contributed by atoms with E-state index >= 15 is 0 Å². The van der Waals surface area contributed by atoms with Crippen LogP contribution in [-0.4, -0.2) is 0 Å². The van der Waals surface area contributed by atoms with Crippen LogP contribution in [0.5, 0.6) is 0 Å². The van der Waals surface area contributed by atoms with Crippen LogP contribution in [0.2, 0.25) is 0 Å². The summed E-state index contributed by atoms with van der Waals surface area (Å²) >= 11 is 0. The zero-order valence-electron chi connectivity index (χ0n) is 23.4. The number of benzene rings is 5. The number of fused-ring (bicyclic) bond motifs is 3. The smallest absolute Gasteiger partial charge is 0.0462 e. The minimum Gasteiger partial charge on any atom is -0.311 e. The molecule has 5 aliphatic carbocycles. The molecule has 0 aliphatic heterocycles. The van der Waals surface area contributed by atoms with Gasteiger partial charge in [0.1, 0.15) is 0 Å². The minimum atomic E-state index is 0.244. The van der Waals surface area contributed by atoms with Crippen LogP contribution in [0.1, 0.15) is 43.2 Å². The fraction of sp³-hybridized carbons (Fsp3) is 0.250. The fourth-order valence-corrected chi connectivity index (χ4v) is 9.74. The van der Waals surface area contributed by atoms with Crippen LogP contribution in [-0.2, 0) is 5.41 Å². The van der Waals surface area contributed by atoms with Crippen LogP contribution in [0.3, 0.4) is 0 Å². The Kier molecular flexibility index (Phi) is 5.15. The second-order valence-electron chi connectivity index (χ2n) is 13.0. The third-order valence-corrected chi connectivity index (χ3v) is 11.0. The number of nitrogens with zero attached hydrogens (tertiary/aromatic N) is 1. The third-order valence-electron chi connectivity index (χ3n) is 11.0. The van der Waals surface area contributed by atoms with Crippen molar-refractivity contribution >= 4 is 17.1 Å². The number of para-hydroxylation sites is 2. The van der Waals surface area contributed by atoms with Gasteiger partial charge in [-0.25, -0.2) is 0 Å². The number of rotatable bonds is 4. The molecule has 41 heavy (non-hydrogen) atoms. The monoisotopic (exact) mass is 529 g/mol. The summed E-state index contributed by atoms with van der Waals surface area (Å²) < 4.78 is 0. The lowest BCUT2D eigenvalue weighted by atomic mass is 9.43. The van der Waals surface area contributed by atoms with E-state index in [1.165, 1.54) is 71.4 Å². The Hall–Kier alpha value is -4.10. The molecule has 1 heteroatoms. The summed E-state index contributed by atoms with van der Waals surface area (Å²) in [5.41, 5.74) is 12.6.